The first-order chi connectivity index (χ1) is 35.2. The molecule has 7 aromatic carbocycles. The number of fused-ring (bicyclic) bond motifs is 5. The van der Waals surface area contributed by atoms with E-state index in [0.29, 0.717) is 0 Å². The predicted octanol–water partition coefficient (Wildman–Crippen LogP) is 18.6. The second-order valence-electron chi connectivity index (χ2n) is 29.0. The molecule has 2 heterocycles. The second kappa shape index (κ2) is 17.8. The van der Waals surface area contributed by atoms with Gasteiger partial charge in [-0.25, -0.2) is 0 Å². The number of nitrogens with zero attached hydrogens (tertiary/aromatic N) is 3. The van der Waals surface area contributed by atoms with Crippen LogP contribution in [0.25, 0.3) is 0 Å². The molecule has 0 radical (unpaired) electrons. The molecule has 0 spiro atoms. The molecule has 0 unspecified atom stereocenters. The topological polar surface area (TPSA) is 9.72 Å². The van der Waals surface area contributed by atoms with Crippen molar-refractivity contribution in [1.29, 1.82) is 0 Å². The van der Waals surface area contributed by atoms with E-state index in [-0.39, 0.29) is 39.2 Å². The van der Waals surface area contributed by atoms with Gasteiger partial charge in [0.15, 0.2) is 0 Å². The summed E-state index contributed by atoms with van der Waals surface area (Å²) in [5, 5.41) is 0. The Morgan fingerprint density at radius 1 is 0.395 bits per heavy atom. The SMILES string of the molecule is Cc1cc(C(C)(C)C)cc(C)c1N(c1ccc(C(C)(C)C)cc1)c1ccc2c(c1)N(c1c(C)cc(C(C)(C)C)cc1C)c1cc(C(C)(C)C)cc3c1B2c1cc2c(cc1N3c1c(C)cccc1C)C(C)(C)CCC2(C)C. The van der Waals surface area contributed by atoms with Gasteiger partial charge in [-0.05, 0) is 212 Å². The fraction of sp³-hybridized carbons (Fsp3) is 0.417. The van der Waals surface area contributed by atoms with E-state index < -0.39 is 0 Å². The Hall–Kier alpha value is -6.00. The van der Waals surface area contributed by atoms with Crippen molar-refractivity contribution in [3.8, 4) is 0 Å². The van der Waals surface area contributed by atoms with E-state index in [1.165, 1.54) is 123 Å². The maximum atomic E-state index is 2.71. The van der Waals surface area contributed by atoms with Crippen molar-refractivity contribution < 1.29 is 0 Å². The van der Waals surface area contributed by atoms with Gasteiger partial charge in [0.05, 0.1) is 17.1 Å². The lowest BCUT2D eigenvalue weighted by atomic mass is 9.33. The number of benzene rings is 7. The first-order valence-corrected chi connectivity index (χ1v) is 28.5. The van der Waals surface area contributed by atoms with Crippen LogP contribution in [0, 0.1) is 41.5 Å². The number of hydrogen-bond acceptors (Lipinski definition) is 3. The monoisotopic (exact) mass is 1010 g/mol. The normalized spacial score (nSPS) is 15.8. The van der Waals surface area contributed by atoms with E-state index in [9.17, 15) is 0 Å². The molecule has 0 bridgehead atoms. The molecule has 3 aliphatic rings. The number of rotatable bonds is 5. The Bertz CT molecular complexity index is 3420. The molecule has 0 aromatic heterocycles. The van der Waals surface area contributed by atoms with Gasteiger partial charge in [0.1, 0.15) is 0 Å². The molecule has 0 fully saturated rings. The standard InChI is InChI=1S/C72H88BN3/c1-43-24-23-25-44(2)64(43)76-60-42-56-55(71(19,20)32-33-72(56,21)22)41-58(60)73-57-31-30-54(74(53-28-26-49(27-29-53)67(7,8)9)65-45(3)34-50(35-46(65)4)68(10,11)12)40-59(57)75(61-38-52(70(16,17)18)39-62(76)63(61)73)66-47(5)36-51(37-48(66)6)69(13,14)15/h23-31,34-42H,32-33H2,1-22H3. The molecule has 7 aromatic rings. The average Bonchev–Trinajstić information content (AvgIpc) is 3.30. The van der Waals surface area contributed by atoms with E-state index in [4.69, 9.17) is 0 Å². The largest absolute Gasteiger partial charge is 0.311 e. The van der Waals surface area contributed by atoms with E-state index in [2.05, 4.69) is 276 Å². The minimum Gasteiger partial charge on any atom is -0.311 e. The van der Waals surface area contributed by atoms with Crippen LogP contribution in [-0.4, -0.2) is 6.71 Å². The van der Waals surface area contributed by atoms with Crippen molar-refractivity contribution >= 4 is 74.3 Å². The van der Waals surface area contributed by atoms with Crippen molar-refractivity contribution in [2.24, 2.45) is 0 Å². The third-order valence-electron chi connectivity index (χ3n) is 18.0. The van der Waals surface area contributed by atoms with Crippen molar-refractivity contribution in [2.75, 3.05) is 14.7 Å². The first kappa shape index (κ1) is 53.4. The van der Waals surface area contributed by atoms with E-state index in [0.717, 1.165) is 24.2 Å². The van der Waals surface area contributed by atoms with Crippen LogP contribution >= 0.6 is 0 Å². The molecule has 10 rings (SSSR count). The van der Waals surface area contributed by atoms with Gasteiger partial charge in [0.25, 0.3) is 6.71 Å². The molecular weight excluding hydrogens is 918 g/mol. The molecular formula is C72H88BN3. The van der Waals surface area contributed by atoms with Crippen LogP contribution in [0.4, 0.5) is 51.2 Å². The van der Waals surface area contributed by atoms with Crippen molar-refractivity contribution in [2.45, 2.75) is 198 Å². The van der Waals surface area contributed by atoms with Gasteiger partial charge in [-0.15, -0.1) is 0 Å². The molecule has 0 saturated carbocycles. The quantitative estimate of drug-likeness (QED) is 0.159. The van der Waals surface area contributed by atoms with Crippen LogP contribution in [-0.2, 0) is 32.5 Å². The van der Waals surface area contributed by atoms with Crippen LogP contribution < -0.4 is 31.1 Å². The van der Waals surface area contributed by atoms with Crippen molar-refractivity contribution in [3.05, 3.63) is 176 Å². The second-order valence-corrected chi connectivity index (χ2v) is 29.0. The number of anilines is 9. The van der Waals surface area contributed by atoms with Gasteiger partial charge in [0.2, 0.25) is 0 Å². The summed E-state index contributed by atoms with van der Waals surface area (Å²) in [6.07, 6.45) is 2.32. The lowest BCUT2D eigenvalue weighted by Gasteiger charge is -2.48. The highest BCUT2D eigenvalue weighted by Gasteiger charge is 2.48. The Labute approximate surface area is 460 Å². The molecule has 394 valence electrons. The Kier molecular flexibility index (Phi) is 12.5. The zero-order valence-electron chi connectivity index (χ0n) is 50.7. The van der Waals surface area contributed by atoms with Crippen LogP contribution in [0.1, 0.15) is 190 Å². The third kappa shape index (κ3) is 8.82. The molecule has 76 heavy (non-hydrogen) atoms. The predicted molar refractivity (Wildman–Crippen MR) is 334 cm³/mol. The minimum absolute atomic E-state index is 0.00414. The van der Waals surface area contributed by atoms with Crippen molar-refractivity contribution in [3.63, 3.8) is 0 Å². The summed E-state index contributed by atoms with van der Waals surface area (Å²) in [7, 11) is 0. The summed E-state index contributed by atoms with van der Waals surface area (Å²) >= 11 is 0. The highest BCUT2D eigenvalue weighted by Crippen LogP contribution is 2.53. The van der Waals surface area contributed by atoms with Gasteiger partial charge < -0.3 is 14.7 Å². The van der Waals surface area contributed by atoms with E-state index in [1.54, 1.807) is 0 Å². The fourth-order valence-corrected chi connectivity index (χ4v) is 13.3. The number of para-hydroxylation sites is 1. The van der Waals surface area contributed by atoms with E-state index in [1.807, 2.05) is 0 Å². The van der Waals surface area contributed by atoms with Crippen LogP contribution in [0.2, 0.25) is 0 Å². The Balaban J connectivity index is 1.37. The highest BCUT2D eigenvalue weighted by atomic mass is 15.2. The summed E-state index contributed by atoms with van der Waals surface area (Å²) in [5.41, 5.74) is 31.4. The summed E-state index contributed by atoms with van der Waals surface area (Å²) in [6.45, 7) is 52.0. The van der Waals surface area contributed by atoms with Gasteiger partial charge in [-0.1, -0.05) is 178 Å². The zero-order chi connectivity index (χ0) is 55.3. The lowest BCUT2D eigenvalue weighted by Crippen LogP contribution is -2.62. The fourth-order valence-electron chi connectivity index (χ4n) is 13.3. The summed E-state index contributed by atoms with van der Waals surface area (Å²) in [4.78, 5) is 7.98. The zero-order valence-corrected chi connectivity index (χ0v) is 50.7. The molecule has 0 N–H and O–H groups in total. The van der Waals surface area contributed by atoms with Gasteiger partial charge in [0, 0.05) is 34.1 Å². The molecule has 0 amide bonds. The van der Waals surface area contributed by atoms with Crippen LogP contribution in [0.15, 0.2) is 109 Å². The smallest absolute Gasteiger partial charge is 0.252 e. The minimum atomic E-state index is -0.145. The van der Waals surface area contributed by atoms with E-state index >= 15 is 0 Å². The van der Waals surface area contributed by atoms with Gasteiger partial charge in [-0.2, -0.15) is 0 Å². The lowest BCUT2D eigenvalue weighted by molar-refractivity contribution is 0.332. The molecule has 0 atom stereocenters. The molecule has 4 heteroatoms. The molecule has 3 nitrogen and oxygen atoms in total. The first-order valence-electron chi connectivity index (χ1n) is 28.5. The molecule has 0 saturated heterocycles. The average molecular weight is 1010 g/mol. The van der Waals surface area contributed by atoms with Crippen molar-refractivity contribution in [1.82, 2.24) is 0 Å². The molecule has 2 aliphatic heterocycles. The maximum Gasteiger partial charge on any atom is 0.252 e. The maximum absolute atomic E-state index is 2.71. The number of hydrogen-bond donors (Lipinski definition) is 0. The summed E-state index contributed by atoms with van der Waals surface area (Å²) in [6, 6.07) is 44.1. The van der Waals surface area contributed by atoms with Crippen LogP contribution in [0.3, 0.4) is 0 Å². The summed E-state index contributed by atoms with van der Waals surface area (Å²) < 4.78 is 0. The van der Waals surface area contributed by atoms with Crippen LogP contribution in [0.5, 0.6) is 0 Å². The Morgan fingerprint density at radius 2 is 0.803 bits per heavy atom. The number of aryl methyl sites for hydroxylation is 6. The van der Waals surface area contributed by atoms with Gasteiger partial charge in [-0.3, -0.25) is 0 Å². The third-order valence-corrected chi connectivity index (χ3v) is 18.0. The Morgan fingerprint density at radius 3 is 1.28 bits per heavy atom. The van der Waals surface area contributed by atoms with Gasteiger partial charge >= 0.3 is 0 Å². The summed E-state index contributed by atoms with van der Waals surface area (Å²) in [5.74, 6) is 0. The highest BCUT2D eigenvalue weighted by molar-refractivity contribution is 7.00. The molecule has 1 aliphatic carbocycles.